The van der Waals surface area contributed by atoms with Crippen molar-refractivity contribution in [2.45, 2.75) is 6.42 Å². The number of benzene rings is 1. The first-order valence-electron chi connectivity index (χ1n) is 8.26. The van der Waals surface area contributed by atoms with Crippen LogP contribution in [0.5, 0.6) is 0 Å². The summed E-state index contributed by atoms with van der Waals surface area (Å²) in [6.07, 6.45) is 0.955. The van der Waals surface area contributed by atoms with Crippen LogP contribution >= 0.6 is 0 Å². The maximum absolute atomic E-state index is 13.5. The number of morpholine rings is 1. The van der Waals surface area contributed by atoms with Crippen LogP contribution in [0.2, 0.25) is 0 Å². The summed E-state index contributed by atoms with van der Waals surface area (Å²) in [5.41, 5.74) is -0.143. The second-order valence-electron chi connectivity index (χ2n) is 6.04. The van der Waals surface area contributed by atoms with Gasteiger partial charge >= 0.3 is 0 Å². The van der Waals surface area contributed by atoms with Gasteiger partial charge in [-0.2, -0.15) is 0 Å². The fraction of sp³-hybridized carbons (Fsp3) is 0.562. The fourth-order valence-electron chi connectivity index (χ4n) is 2.55. The summed E-state index contributed by atoms with van der Waals surface area (Å²) in [5.74, 6) is -2.17. The Morgan fingerprint density at radius 1 is 1.27 bits per heavy atom. The molecule has 0 atom stereocenters. The second-order valence-corrected chi connectivity index (χ2v) is 8.02. The van der Waals surface area contributed by atoms with Gasteiger partial charge < -0.3 is 10.1 Å². The lowest BCUT2D eigenvalue weighted by atomic mass is 10.3. The minimum Gasteiger partial charge on any atom is -0.379 e. The minimum atomic E-state index is -3.48. The Balaban J connectivity index is 1.86. The van der Waals surface area contributed by atoms with Crippen molar-refractivity contribution in [1.29, 1.82) is 0 Å². The quantitative estimate of drug-likeness (QED) is 0.712. The van der Waals surface area contributed by atoms with E-state index in [9.17, 15) is 22.0 Å². The predicted octanol–water partition coefficient (Wildman–Crippen LogP) is 0.887. The number of sulfonamides is 1. The highest BCUT2D eigenvalue weighted by molar-refractivity contribution is 7.88. The molecule has 146 valence electrons. The first-order chi connectivity index (χ1) is 12.3. The van der Waals surface area contributed by atoms with Crippen LogP contribution in [0.4, 0.5) is 14.5 Å². The van der Waals surface area contributed by atoms with Crippen LogP contribution in [0.15, 0.2) is 18.2 Å². The molecule has 0 saturated carbocycles. The number of carbonyl (C=O) groups excluding carboxylic acids is 1. The summed E-state index contributed by atoms with van der Waals surface area (Å²) in [4.78, 5) is 14.1. The van der Waals surface area contributed by atoms with Gasteiger partial charge in [0, 0.05) is 45.2 Å². The summed E-state index contributed by atoms with van der Waals surface area (Å²) in [6.45, 7) is 3.50. The normalized spacial score (nSPS) is 16.0. The highest BCUT2D eigenvalue weighted by Gasteiger charge is 2.20. The van der Waals surface area contributed by atoms with Gasteiger partial charge in [0.15, 0.2) is 0 Å². The summed E-state index contributed by atoms with van der Waals surface area (Å²) < 4.78 is 56.7. The first-order valence-corrected chi connectivity index (χ1v) is 10.1. The largest absolute Gasteiger partial charge is 0.379 e. The van der Waals surface area contributed by atoms with E-state index in [1.807, 2.05) is 0 Å². The van der Waals surface area contributed by atoms with Crippen LogP contribution in [-0.2, 0) is 19.6 Å². The van der Waals surface area contributed by atoms with Crippen LogP contribution in [0.3, 0.4) is 0 Å². The van der Waals surface area contributed by atoms with E-state index in [4.69, 9.17) is 4.74 Å². The van der Waals surface area contributed by atoms with E-state index in [-0.39, 0.29) is 25.2 Å². The van der Waals surface area contributed by atoms with Crippen molar-refractivity contribution >= 4 is 21.6 Å². The summed E-state index contributed by atoms with van der Waals surface area (Å²) >= 11 is 0. The van der Waals surface area contributed by atoms with Gasteiger partial charge in [-0.25, -0.2) is 21.5 Å². The van der Waals surface area contributed by atoms with E-state index in [1.165, 1.54) is 4.31 Å². The number of nitrogens with zero attached hydrogens (tertiary/aromatic N) is 2. The van der Waals surface area contributed by atoms with Crippen molar-refractivity contribution in [2.75, 3.05) is 57.5 Å². The van der Waals surface area contributed by atoms with Crippen molar-refractivity contribution in [3.63, 3.8) is 0 Å². The maximum Gasteiger partial charge on any atom is 0.225 e. The fourth-order valence-corrected chi connectivity index (χ4v) is 3.39. The highest BCUT2D eigenvalue weighted by atomic mass is 32.2. The van der Waals surface area contributed by atoms with E-state index < -0.39 is 27.6 Å². The number of anilines is 1. The van der Waals surface area contributed by atoms with Crippen molar-refractivity contribution < 1.29 is 26.7 Å². The molecule has 1 aromatic rings. The molecule has 0 bridgehead atoms. The number of hydrogen-bond acceptors (Lipinski definition) is 5. The highest BCUT2D eigenvalue weighted by Crippen LogP contribution is 2.15. The molecule has 1 aliphatic rings. The van der Waals surface area contributed by atoms with Crippen LogP contribution < -0.4 is 5.32 Å². The molecule has 0 aromatic heterocycles. The molecule has 1 aromatic carbocycles. The molecule has 1 fully saturated rings. The van der Waals surface area contributed by atoms with E-state index in [0.717, 1.165) is 31.5 Å². The molecule has 2 rings (SSSR count). The third kappa shape index (κ3) is 6.60. The van der Waals surface area contributed by atoms with E-state index >= 15 is 0 Å². The average molecular weight is 391 g/mol. The smallest absolute Gasteiger partial charge is 0.225 e. The number of rotatable bonds is 8. The molecule has 0 radical (unpaired) electrons. The molecular weight excluding hydrogens is 368 g/mol. The Labute approximate surface area is 152 Å². The first kappa shape index (κ1) is 20.7. The molecule has 0 aliphatic carbocycles. The van der Waals surface area contributed by atoms with Crippen molar-refractivity contribution in [1.82, 2.24) is 9.21 Å². The van der Waals surface area contributed by atoms with Crippen molar-refractivity contribution in [2.24, 2.45) is 0 Å². The summed E-state index contributed by atoms with van der Waals surface area (Å²) in [5, 5.41) is 2.32. The summed E-state index contributed by atoms with van der Waals surface area (Å²) in [7, 11) is -3.48. The zero-order chi connectivity index (χ0) is 19.2. The third-order valence-corrected chi connectivity index (χ3v) is 5.34. The molecule has 1 heterocycles. The zero-order valence-electron chi connectivity index (χ0n) is 14.6. The maximum atomic E-state index is 13.5. The van der Waals surface area contributed by atoms with Gasteiger partial charge in [-0.15, -0.1) is 0 Å². The molecular formula is C16H23F2N3O4S. The van der Waals surface area contributed by atoms with Crippen LogP contribution in [0.1, 0.15) is 6.42 Å². The molecule has 26 heavy (non-hydrogen) atoms. The zero-order valence-corrected chi connectivity index (χ0v) is 15.4. The van der Waals surface area contributed by atoms with Gasteiger partial charge in [0.25, 0.3) is 0 Å². The standard InChI is InChI=1S/C16H23F2N3O4S/c1-26(23,24)21(7-6-20-8-10-25-11-9-20)5-4-16(22)19-15-3-2-13(17)12-14(15)18/h2-3,12H,4-11H2,1H3,(H,19,22). The SMILES string of the molecule is CS(=O)(=O)N(CCC(=O)Nc1ccc(F)cc1F)CCN1CCOCC1. The number of carbonyl (C=O) groups is 1. The average Bonchev–Trinajstić information content (AvgIpc) is 2.57. The van der Waals surface area contributed by atoms with Crippen molar-refractivity contribution in [3.8, 4) is 0 Å². The third-order valence-electron chi connectivity index (χ3n) is 4.03. The molecule has 0 unspecified atom stereocenters. The number of ether oxygens (including phenoxy) is 1. The number of amides is 1. The van der Waals surface area contributed by atoms with E-state index in [1.54, 1.807) is 0 Å². The van der Waals surface area contributed by atoms with Crippen LogP contribution in [-0.4, -0.2) is 75.7 Å². The molecule has 1 amide bonds. The van der Waals surface area contributed by atoms with Gasteiger partial charge in [-0.05, 0) is 12.1 Å². The summed E-state index contributed by atoms with van der Waals surface area (Å²) in [6, 6.07) is 2.82. The monoisotopic (exact) mass is 391 g/mol. The number of halogens is 2. The van der Waals surface area contributed by atoms with Crippen LogP contribution in [0.25, 0.3) is 0 Å². The lowest BCUT2D eigenvalue weighted by Crippen LogP contribution is -2.43. The number of nitrogens with one attached hydrogen (secondary N) is 1. The van der Waals surface area contributed by atoms with E-state index in [2.05, 4.69) is 10.2 Å². The topological polar surface area (TPSA) is 79.0 Å². The van der Waals surface area contributed by atoms with Gasteiger partial charge in [0.1, 0.15) is 11.6 Å². The molecule has 10 heteroatoms. The molecule has 0 spiro atoms. The number of hydrogen-bond donors (Lipinski definition) is 1. The second kappa shape index (κ2) is 9.36. The van der Waals surface area contributed by atoms with Gasteiger partial charge in [-0.1, -0.05) is 0 Å². The Bertz CT molecular complexity index is 724. The molecule has 7 nitrogen and oxygen atoms in total. The molecule has 1 saturated heterocycles. The Hall–Kier alpha value is -1.62. The predicted molar refractivity (Wildman–Crippen MR) is 93.3 cm³/mol. The van der Waals surface area contributed by atoms with Gasteiger partial charge in [-0.3, -0.25) is 9.69 Å². The van der Waals surface area contributed by atoms with Gasteiger partial charge in [0.2, 0.25) is 15.9 Å². The van der Waals surface area contributed by atoms with E-state index in [0.29, 0.717) is 25.8 Å². The lowest BCUT2D eigenvalue weighted by molar-refractivity contribution is -0.116. The minimum absolute atomic E-state index is 0.0161. The Morgan fingerprint density at radius 2 is 1.96 bits per heavy atom. The van der Waals surface area contributed by atoms with Crippen molar-refractivity contribution in [3.05, 3.63) is 29.8 Å². The van der Waals surface area contributed by atoms with Gasteiger partial charge in [0.05, 0.1) is 25.2 Å². The Kier molecular flexibility index (Phi) is 7.44. The molecule has 1 N–H and O–H groups in total. The lowest BCUT2D eigenvalue weighted by Gasteiger charge is -2.29. The molecule has 1 aliphatic heterocycles. The van der Waals surface area contributed by atoms with Crippen LogP contribution in [0, 0.1) is 11.6 Å². The Morgan fingerprint density at radius 3 is 2.58 bits per heavy atom.